The van der Waals surface area contributed by atoms with Gasteiger partial charge in [0, 0.05) is 31.5 Å². The van der Waals surface area contributed by atoms with E-state index in [1.807, 2.05) is 4.90 Å². The average Bonchev–Trinajstić information content (AvgIpc) is 2.49. The first-order valence-electron chi connectivity index (χ1n) is 7.57. The van der Waals surface area contributed by atoms with Crippen LogP contribution in [0.2, 0.25) is 0 Å². The highest BCUT2D eigenvalue weighted by Gasteiger charge is 2.32. The van der Waals surface area contributed by atoms with Crippen molar-refractivity contribution in [1.29, 1.82) is 0 Å². The van der Waals surface area contributed by atoms with E-state index >= 15 is 0 Å². The molecule has 1 aliphatic heterocycles. The van der Waals surface area contributed by atoms with E-state index in [2.05, 4.69) is 99.9 Å². The Labute approximate surface area is 164 Å². The SMILES string of the molecule is CC(=O)N1c2ccc(I)cc2[C@H](Nc2ccc(I)cc2)C[C@@H]1C. The molecule has 0 saturated carbocycles. The molecule has 0 radical (unpaired) electrons. The van der Waals surface area contributed by atoms with Crippen molar-refractivity contribution in [3.8, 4) is 0 Å². The molecule has 5 heteroatoms. The Kier molecular flexibility index (Phi) is 5.15. The number of hydrogen-bond acceptors (Lipinski definition) is 2. The molecular weight excluding hydrogens is 514 g/mol. The minimum Gasteiger partial charge on any atom is -0.378 e. The fourth-order valence-corrected chi connectivity index (χ4v) is 4.07. The standard InChI is InChI=1S/C18H18I2N2O/c1-11-9-17(21-15-6-3-13(19)4-7-15)16-10-14(20)5-8-18(16)22(11)12(2)23/h3-8,10-11,17,21H,9H2,1-2H3/t11-,17+/m0/s1. The van der Waals surface area contributed by atoms with E-state index in [-0.39, 0.29) is 18.0 Å². The maximum absolute atomic E-state index is 12.1. The summed E-state index contributed by atoms with van der Waals surface area (Å²) in [6.45, 7) is 3.76. The zero-order valence-electron chi connectivity index (χ0n) is 13.0. The van der Waals surface area contributed by atoms with Crippen LogP contribution in [0.15, 0.2) is 42.5 Å². The van der Waals surface area contributed by atoms with Gasteiger partial charge in [-0.1, -0.05) is 0 Å². The summed E-state index contributed by atoms with van der Waals surface area (Å²) in [7, 11) is 0. The van der Waals surface area contributed by atoms with Gasteiger partial charge in [0.25, 0.3) is 0 Å². The van der Waals surface area contributed by atoms with Crippen LogP contribution in [0.25, 0.3) is 0 Å². The van der Waals surface area contributed by atoms with Crippen LogP contribution in [0.1, 0.15) is 31.9 Å². The Bertz CT molecular complexity index is 730. The number of carbonyl (C=O) groups excluding carboxylic acids is 1. The molecule has 0 spiro atoms. The normalized spacial score (nSPS) is 20.1. The maximum Gasteiger partial charge on any atom is 0.224 e. The quantitative estimate of drug-likeness (QED) is 0.541. The van der Waals surface area contributed by atoms with Gasteiger partial charge < -0.3 is 10.2 Å². The molecule has 0 bridgehead atoms. The van der Waals surface area contributed by atoms with Gasteiger partial charge in [-0.25, -0.2) is 0 Å². The third-order valence-corrected chi connectivity index (χ3v) is 5.56. The predicted molar refractivity (Wildman–Crippen MR) is 112 cm³/mol. The number of halogens is 2. The number of rotatable bonds is 2. The number of anilines is 2. The summed E-state index contributed by atoms with van der Waals surface area (Å²) >= 11 is 4.64. The highest BCUT2D eigenvalue weighted by atomic mass is 127. The van der Waals surface area contributed by atoms with Gasteiger partial charge in [0.2, 0.25) is 5.91 Å². The minimum atomic E-state index is 0.104. The fourth-order valence-electron chi connectivity index (χ4n) is 3.20. The summed E-state index contributed by atoms with van der Waals surface area (Å²) < 4.78 is 2.41. The van der Waals surface area contributed by atoms with Crippen molar-refractivity contribution in [3.05, 3.63) is 55.2 Å². The molecule has 2 aromatic carbocycles. The Morgan fingerprint density at radius 3 is 2.43 bits per heavy atom. The van der Waals surface area contributed by atoms with Gasteiger partial charge in [-0.2, -0.15) is 0 Å². The number of fused-ring (bicyclic) bond motifs is 1. The lowest BCUT2D eigenvalue weighted by molar-refractivity contribution is -0.117. The Balaban J connectivity index is 1.98. The second-order valence-corrected chi connectivity index (χ2v) is 8.37. The van der Waals surface area contributed by atoms with E-state index in [1.165, 1.54) is 12.7 Å². The molecule has 2 atom stereocenters. The first-order valence-corrected chi connectivity index (χ1v) is 9.73. The highest BCUT2D eigenvalue weighted by Crippen LogP contribution is 2.39. The number of nitrogens with one attached hydrogen (secondary N) is 1. The third-order valence-electron chi connectivity index (χ3n) is 4.17. The molecule has 0 saturated heterocycles. The van der Waals surface area contributed by atoms with Gasteiger partial charge in [0.15, 0.2) is 0 Å². The van der Waals surface area contributed by atoms with E-state index in [9.17, 15) is 4.79 Å². The predicted octanol–water partition coefficient (Wildman–Crippen LogP) is 5.19. The molecule has 3 nitrogen and oxygen atoms in total. The van der Waals surface area contributed by atoms with Crippen LogP contribution in [0.4, 0.5) is 11.4 Å². The second-order valence-electron chi connectivity index (χ2n) is 5.88. The molecule has 0 aromatic heterocycles. The Hall–Kier alpha value is -0.830. The molecule has 1 N–H and O–H groups in total. The monoisotopic (exact) mass is 532 g/mol. The Morgan fingerprint density at radius 1 is 1.13 bits per heavy atom. The van der Waals surface area contributed by atoms with Gasteiger partial charge in [0.1, 0.15) is 0 Å². The number of hydrogen-bond donors (Lipinski definition) is 1. The molecule has 0 unspecified atom stereocenters. The lowest BCUT2D eigenvalue weighted by Crippen LogP contribution is -2.43. The van der Waals surface area contributed by atoms with Gasteiger partial charge in [0.05, 0.1) is 6.04 Å². The minimum absolute atomic E-state index is 0.104. The summed E-state index contributed by atoms with van der Waals surface area (Å²) in [5.74, 6) is 0.104. The molecule has 1 aliphatic rings. The van der Waals surface area contributed by atoms with E-state index in [4.69, 9.17) is 0 Å². The lowest BCUT2D eigenvalue weighted by atomic mass is 9.91. The molecule has 1 amide bonds. The van der Waals surface area contributed by atoms with Gasteiger partial charge in [-0.15, -0.1) is 0 Å². The summed E-state index contributed by atoms with van der Waals surface area (Å²) in [5, 5.41) is 3.64. The van der Waals surface area contributed by atoms with E-state index in [0.717, 1.165) is 17.8 Å². The zero-order valence-corrected chi connectivity index (χ0v) is 17.3. The number of carbonyl (C=O) groups is 1. The average molecular weight is 532 g/mol. The van der Waals surface area contributed by atoms with E-state index in [1.54, 1.807) is 6.92 Å². The molecule has 120 valence electrons. The van der Waals surface area contributed by atoms with Crippen molar-refractivity contribution in [2.75, 3.05) is 10.2 Å². The summed E-state index contributed by atoms with van der Waals surface area (Å²) in [6.07, 6.45) is 0.901. The molecule has 23 heavy (non-hydrogen) atoms. The number of benzene rings is 2. The number of nitrogens with zero attached hydrogens (tertiary/aromatic N) is 1. The van der Waals surface area contributed by atoms with E-state index < -0.39 is 0 Å². The van der Waals surface area contributed by atoms with E-state index in [0.29, 0.717) is 0 Å². The molecule has 0 aliphatic carbocycles. The van der Waals surface area contributed by atoms with Gasteiger partial charge >= 0.3 is 0 Å². The zero-order chi connectivity index (χ0) is 16.6. The summed E-state index contributed by atoms with van der Waals surface area (Å²) in [4.78, 5) is 14.0. The molecular formula is C18H18I2N2O. The smallest absolute Gasteiger partial charge is 0.224 e. The largest absolute Gasteiger partial charge is 0.378 e. The van der Waals surface area contributed by atoms with Crippen LogP contribution in [-0.2, 0) is 4.79 Å². The van der Waals surface area contributed by atoms with Crippen LogP contribution < -0.4 is 10.2 Å². The van der Waals surface area contributed by atoms with Crippen molar-refractivity contribution in [2.45, 2.75) is 32.4 Å². The molecule has 0 fully saturated rings. The fraction of sp³-hybridized carbons (Fsp3) is 0.278. The van der Waals surface area contributed by atoms with Crippen molar-refractivity contribution in [3.63, 3.8) is 0 Å². The second kappa shape index (κ2) is 6.96. The van der Waals surface area contributed by atoms with Crippen LogP contribution in [0.5, 0.6) is 0 Å². The van der Waals surface area contributed by atoms with Crippen LogP contribution in [0.3, 0.4) is 0 Å². The van der Waals surface area contributed by atoms with Crippen LogP contribution >= 0.6 is 45.2 Å². The molecule has 3 rings (SSSR count). The highest BCUT2D eigenvalue weighted by molar-refractivity contribution is 14.1. The molecule has 1 heterocycles. The third kappa shape index (κ3) is 3.65. The first kappa shape index (κ1) is 17.0. The first-order chi connectivity index (χ1) is 11.0. The van der Waals surface area contributed by atoms with Gasteiger partial charge in [-0.05, 0) is 107 Å². The van der Waals surface area contributed by atoms with Crippen LogP contribution in [0, 0.1) is 7.14 Å². The number of amides is 1. The summed E-state index contributed by atoms with van der Waals surface area (Å²) in [5.41, 5.74) is 3.34. The van der Waals surface area contributed by atoms with Crippen molar-refractivity contribution in [1.82, 2.24) is 0 Å². The summed E-state index contributed by atoms with van der Waals surface area (Å²) in [6, 6.07) is 15.1. The van der Waals surface area contributed by atoms with Crippen LogP contribution in [-0.4, -0.2) is 11.9 Å². The maximum atomic E-state index is 12.1. The molecule has 2 aromatic rings. The Morgan fingerprint density at radius 2 is 1.78 bits per heavy atom. The lowest BCUT2D eigenvalue weighted by Gasteiger charge is -2.39. The van der Waals surface area contributed by atoms with Crippen molar-refractivity contribution in [2.24, 2.45) is 0 Å². The van der Waals surface area contributed by atoms with Gasteiger partial charge in [-0.3, -0.25) is 4.79 Å². The van der Waals surface area contributed by atoms with Crippen molar-refractivity contribution < 1.29 is 4.79 Å². The topological polar surface area (TPSA) is 32.3 Å². The van der Waals surface area contributed by atoms with Crippen molar-refractivity contribution >= 4 is 62.5 Å².